The zero-order chi connectivity index (χ0) is 12.7. The SMILES string of the molecule is COc1ccc(=O)n(OCCCCC(=O)O)n1. The predicted molar refractivity (Wildman–Crippen MR) is 58.0 cm³/mol. The second kappa shape index (κ2) is 6.51. The Labute approximate surface area is 97.5 Å². The number of carbonyl (C=O) groups is 1. The summed E-state index contributed by atoms with van der Waals surface area (Å²) in [6.45, 7) is 0.230. The van der Waals surface area contributed by atoms with E-state index in [1.165, 1.54) is 19.2 Å². The number of carboxylic acids is 1. The minimum Gasteiger partial charge on any atom is -0.481 e. The van der Waals surface area contributed by atoms with Crippen molar-refractivity contribution >= 4 is 5.97 Å². The molecule has 0 bridgehead atoms. The lowest BCUT2D eigenvalue weighted by Gasteiger charge is -2.07. The Hall–Kier alpha value is -2.05. The maximum absolute atomic E-state index is 11.3. The second-order valence-electron chi connectivity index (χ2n) is 3.27. The monoisotopic (exact) mass is 242 g/mol. The lowest BCUT2D eigenvalue weighted by atomic mass is 10.2. The van der Waals surface area contributed by atoms with Crippen molar-refractivity contribution in [1.29, 1.82) is 0 Å². The van der Waals surface area contributed by atoms with Crippen molar-refractivity contribution in [3.8, 4) is 5.88 Å². The molecular weight excluding hydrogens is 228 g/mol. The number of rotatable bonds is 7. The zero-order valence-electron chi connectivity index (χ0n) is 9.46. The first-order valence-corrected chi connectivity index (χ1v) is 5.13. The lowest BCUT2D eigenvalue weighted by molar-refractivity contribution is -0.137. The Morgan fingerprint density at radius 3 is 2.88 bits per heavy atom. The molecule has 0 radical (unpaired) electrons. The molecule has 0 amide bonds. The Morgan fingerprint density at radius 2 is 2.24 bits per heavy atom. The van der Waals surface area contributed by atoms with E-state index in [2.05, 4.69) is 5.10 Å². The maximum atomic E-state index is 11.3. The molecular formula is C10H14N2O5. The Morgan fingerprint density at radius 1 is 1.47 bits per heavy atom. The average molecular weight is 242 g/mol. The van der Waals surface area contributed by atoms with E-state index in [0.29, 0.717) is 12.8 Å². The molecule has 0 saturated heterocycles. The summed E-state index contributed by atoms with van der Waals surface area (Å²) in [6.07, 6.45) is 1.12. The first kappa shape index (κ1) is 13.0. The van der Waals surface area contributed by atoms with Gasteiger partial charge in [-0.15, -0.1) is 0 Å². The van der Waals surface area contributed by atoms with Crippen LogP contribution in [0.2, 0.25) is 0 Å². The summed E-state index contributed by atoms with van der Waals surface area (Å²) in [7, 11) is 1.43. The Balaban J connectivity index is 2.40. The molecule has 1 aromatic heterocycles. The number of ether oxygens (including phenoxy) is 1. The first-order valence-electron chi connectivity index (χ1n) is 5.13. The van der Waals surface area contributed by atoms with Crippen LogP contribution in [-0.4, -0.2) is 34.7 Å². The van der Waals surface area contributed by atoms with E-state index in [9.17, 15) is 9.59 Å². The molecule has 17 heavy (non-hydrogen) atoms. The molecule has 7 nitrogen and oxygen atoms in total. The van der Waals surface area contributed by atoms with Crippen LogP contribution in [0, 0.1) is 0 Å². The van der Waals surface area contributed by atoms with E-state index >= 15 is 0 Å². The normalized spacial score (nSPS) is 9.94. The molecule has 1 heterocycles. The summed E-state index contributed by atoms with van der Waals surface area (Å²) >= 11 is 0. The van der Waals surface area contributed by atoms with Gasteiger partial charge in [-0.05, 0) is 12.8 Å². The molecule has 0 aromatic carbocycles. The van der Waals surface area contributed by atoms with Gasteiger partial charge in [-0.3, -0.25) is 9.59 Å². The van der Waals surface area contributed by atoms with Crippen LogP contribution < -0.4 is 15.1 Å². The van der Waals surface area contributed by atoms with E-state index in [1.807, 2.05) is 0 Å². The van der Waals surface area contributed by atoms with E-state index in [1.54, 1.807) is 0 Å². The largest absolute Gasteiger partial charge is 0.481 e. The minimum atomic E-state index is -0.846. The van der Waals surface area contributed by atoms with E-state index in [-0.39, 0.29) is 18.9 Å². The van der Waals surface area contributed by atoms with Gasteiger partial charge in [-0.25, -0.2) is 0 Å². The van der Waals surface area contributed by atoms with Crippen LogP contribution in [-0.2, 0) is 4.79 Å². The van der Waals surface area contributed by atoms with Crippen molar-refractivity contribution in [1.82, 2.24) is 9.94 Å². The van der Waals surface area contributed by atoms with Crippen LogP contribution in [0.3, 0.4) is 0 Å². The Kier molecular flexibility index (Phi) is 4.99. The van der Waals surface area contributed by atoms with E-state index in [4.69, 9.17) is 14.7 Å². The van der Waals surface area contributed by atoms with Crippen LogP contribution >= 0.6 is 0 Å². The summed E-state index contributed by atoms with van der Waals surface area (Å²) in [6, 6.07) is 2.72. The molecule has 0 unspecified atom stereocenters. The van der Waals surface area contributed by atoms with Crippen LogP contribution in [0.5, 0.6) is 5.88 Å². The van der Waals surface area contributed by atoms with Gasteiger partial charge in [0.25, 0.3) is 0 Å². The number of aliphatic carboxylic acids is 1. The fourth-order valence-electron chi connectivity index (χ4n) is 1.11. The highest BCUT2D eigenvalue weighted by Gasteiger charge is 2.01. The van der Waals surface area contributed by atoms with Crippen molar-refractivity contribution < 1.29 is 19.5 Å². The fraction of sp³-hybridized carbons (Fsp3) is 0.500. The zero-order valence-corrected chi connectivity index (χ0v) is 9.46. The maximum Gasteiger partial charge on any atom is 0.303 e. The predicted octanol–water partition coefficient (Wildman–Crippen LogP) is -0.0646. The summed E-state index contributed by atoms with van der Waals surface area (Å²) in [5.41, 5.74) is -0.399. The van der Waals surface area contributed by atoms with E-state index < -0.39 is 11.5 Å². The summed E-state index contributed by atoms with van der Waals surface area (Å²) < 4.78 is 4.84. The topological polar surface area (TPSA) is 90.7 Å². The Bertz CT molecular complexity index is 429. The molecule has 1 aromatic rings. The van der Waals surface area contributed by atoms with Crippen molar-refractivity contribution in [2.45, 2.75) is 19.3 Å². The second-order valence-corrected chi connectivity index (χ2v) is 3.27. The van der Waals surface area contributed by atoms with Gasteiger partial charge in [-0.2, -0.15) is 0 Å². The van der Waals surface area contributed by atoms with Crippen LogP contribution in [0.4, 0.5) is 0 Å². The van der Waals surface area contributed by atoms with E-state index in [0.717, 1.165) is 4.85 Å². The van der Waals surface area contributed by atoms with Crippen LogP contribution in [0.1, 0.15) is 19.3 Å². The minimum absolute atomic E-state index is 0.0871. The molecule has 0 spiro atoms. The molecule has 7 heteroatoms. The third-order valence-corrected chi connectivity index (χ3v) is 1.95. The third-order valence-electron chi connectivity index (χ3n) is 1.95. The van der Waals surface area contributed by atoms with Gasteiger partial charge in [-0.1, -0.05) is 9.94 Å². The molecule has 0 atom stereocenters. The fourth-order valence-corrected chi connectivity index (χ4v) is 1.11. The highest BCUT2D eigenvalue weighted by molar-refractivity contribution is 5.66. The van der Waals surface area contributed by atoms with Crippen molar-refractivity contribution in [3.63, 3.8) is 0 Å². The third kappa shape index (κ3) is 4.54. The smallest absolute Gasteiger partial charge is 0.303 e. The van der Waals surface area contributed by atoms with Gasteiger partial charge in [0.2, 0.25) is 5.88 Å². The summed E-state index contributed by atoms with van der Waals surface area (Å²) in [5, 5.41) is 12.2. The molecule has 94 valence electrons. The molecule has 0 aliphatic carbocycles. The first-order chi connectivity index (χ1) is 8.13. The molecule has 0 aliphatic rings. The summed E-state index contributed by atoms with van der Waals surface area (Å²) in [4.78, 5) is 27.4. The average Bonchev–Trinajstić information content (AvgIpc) is 2.30. The number of hydrogen-bond acceptors (Lipinski definition) is 5. The molecule has 0 saturated carbocycles. The number of hydrogen-bond donors (Lipinski definition) is 1. The number of nitrogens with zero attached hydrogens (tertiary/aromatic N) is 2. The summed E-state index contributed by atoms with van der Waals surface area (Å²) in [5.74, 6) is -0.572. The van der Waals surface area contributed by atoms with Crippen molar-refractivity contribution in [2.75, 3.05) is 13.7 Å². The molecule has 0 aliphatic heterocycles. The van der Waals surface area contributed by atoms with Gasteiger partial charge >= 0.3 is 11.5 Å². The number of aromatic nitrogens is 2. The standard InChI is InChI=1S/C10H14N2O5/c1-16-8-5-6-9(13)12(11-8)17-7-3-2-4-10(14)15/h5-6H,2-4,7H2,1H3,(H,14,15). The highest BCUT2D eigenvalue weighted by Crippen LogP contribution is 1.98. The van der Waals surface area contributed by atoms with Gasteiger partial charge in [0, 0.05) is 18.6 Å². The molecule has 1 N–H and O–H groups in total. The lowest BCUT2D eigenvalue weighted by Crippen LogP contribution is -2.29. The van der Waals surface area contributed by atoms with Crippen molar-refractivity contribution in [2.24, 2.45) is 0 Å². The van der Waals surface area contributed by atoms with Gasteiger partial charge < -0.3 is 14.7 Å². The molecule has 0 fully saturated rings. The van der Waals surface area contributed by atoms with Crippen LogP contribution in [0.15, 0.2) is 16.9 Å². The van der Waals surface area contributed by atoms with Gasteiger partial charge in [0.1, 0.15) is 6.61 Å². The number of methoxy groups -OCH3 is 1. The highest BCUT2D eigenvalue weighted by atomic mass is 16.7. The number of carboxylic acid groups (broad SMARTS) is 1. The quantitative estimate of drug-likeness (QED) is 0.673. The van der Waals surface area contributed by atoms with Gasteiger partial charge in [0.05, 0.1) is 7.11 Å². The van der Waals surface area contributed by atoms with Crippen molar-refractivity contribution in [3.05, 3.63) is 22.5 Å². The number of unbranched alkanes of at least 4 members (excludes halogenated alkanes) is 1. The van der Waals surface area contributed by atoms with Gasteiger partial charge in [0.15, 0.2) is 0 Å². The molecule has 1 rings (SSSR count). The van der Waals surface area contributed by atoms with Crippen LogP contribution in [0.25, 0.3) is 0 Å².